The second kappa shape index (κ2) is 4.91. The van der Waals surface area contributed by atoms with Crippen molar-refractivity contribution < 1.29 is 14.4 Å². The van der Waals surface area contributed by atoms with Crippen molar-refractivity contribution in [1.29, 1.82) is 0 Å². The summed E-state index contributed by atoms with van der Waals surface area (Å²) in [6.07, 6.45) is -0.0277. The molecule has 1 aliphatic heterocycles. The van der Waals surface area contributed by atoms with Gasteiger partial charge in [0.1, 0.15) is 5.78 Å². The molecular weight excluding hydrogens is 196 g/mol. The average Bonchev–Trinajstić information content (AvgIpc) is 2.17. The largest absolute Gasteiger partial charge is 0.339 e. The van der Waals surface area contributed by atoms with Gasteiger partial charge in [0.2, 0.25) is 11.8 Å². The first kappa shape index (κ1) is 11.7. The quantitative estimate of drug-likeness (QED) is 0.588. The van der Waals surface area contributed by atoms with Crippen molar-refractivity contribution in [3.8, 4) is 0 Å². The van der Waals surface area contributed by atoms with Crippen LogP contribution in [-0.2, 0) is 14.4 Å². The molecule has 0 bridgehead atoms. The number of carbonyl (C=O) groups is 3. The van der Waals surface area contributed by atoms with E-state index in [2.05, 4.69) is 0 Å². The predicted molar refractivity (Wildman–Crippen MR) is 54.1 cm³/mol. The third-order valence-electron chi connectivity index (χ3n) is 2.48. The Hall–Kier alpha value is -1.39. The highest BCUT2D eigenvalue weighted by atomic mass is 16.2. The van der Waals surface area contributed by atoms with E-state index in [1.165, 1.54) is 13.8 Å². The second-order valence-corrected chi connectivity index (χ2v) is 3.77. The van der Waals surface area contributed by atoms with Gasteiger partial charge < -0.3 is 9.80 Å². The molecule has 0 spiro atoms. The van der Waals surface area contributed by atoms with E-state index in [1.54, 1.807) is 9.80 Å². The van der Waals surface area contributed by atoms with Crippen LogP contribution in [-0.4, -0.2) is 53.6 Å². The molecule has 84 valence electrons. The van der Waals surface area contributed by atoms with Gasteiger partial charge in [-0.05, 0) is 6.92 Å². The molecule has 1 fully saturated rings. The van der Waals surface area contributed by atoms with Gasteiger partial charge in [0.25, 0.3) is 0 Å². The summed E-state index contributed by atoms with van der Waals surface area (Å²) in [5.74, 6) is -0.214. The van der Waals surface area contributed by atoms with Crippen LogP contribution >= 0.6 is 0 Å². The third kappa shape index (κ3) is 3.34. The van der Waals surface area contributed by atoms with Crippen LogP contribution in [0.15, 0.2) is 0 Å². The van der Waals surface area contributed by atoms with Gasteiger partial charge >= 0.3 is 0 Å². The molecule has 0 aromatic carbocycles. The van der Waals surface area contributed by atoms with Crippen LogP contribution in [0.2, 0.25) is 0 Å². The van der Waals surface area contributed by atoms with Gasteiger partial charge in [0.05, 0.1) is 6.42 Å². The van der Waals surface area contributed by atoms with Crippen molar-refractivity contribution in [2.45, 2.75) is 20.3 Å². The summed E-state index contributed by atoms with van der Waals surface area (Å²) >= 11 is 0. The fraction of sp³-hybridized carbons (Fsp3) is 0.700. The van der Waals surface area contributed by atoms with Gasteiger partial charge in [0, 0.05) is 33.1 Å². The van der Waals surface area contributed by atoms with Crippen LogP contribution in [0, 0.1) is 0 Å². The molecule has 0 aromatic heterocycles. The number of piperazine rings is 1. The molecule has 2 amide bonds. The van der Waals surface area contributed by atoms with Gasteiger partial charge in [0.15, 0.2) is 0 Å². The highest BCUT2D eigenvalue weighted by molar-refractivity contribution is 5.96. The summed E-state index contributed by atoms with van der Waals surface area (Å²) in [7, 11) is 0. The molecule has 1 rings (SSSR count). The van der Waals surface area contributed by atoms with E-state index in [0.29, 0.717) is 26.2 Å². The summed E-state index contributed by atoms with van der Waals surface area (Å²) in [6.45, 7) is 5.13. The summed E-state index contributed by atoms with van der Waals surface area (Å²) < 4.78 is 0. The fourth-order valence-corrected chi connectivity index (χ4v) is 1.60. The van der Waals surface area contributed by atoms with Crippen molar-refractivity contribution in [1.82, 2.24) is 9.80 Å². The molecule has 5 heteroatoms. The highest BCUT2D eigenvalue weighted by Crippen LogP contribution is 2.04. The SMILES string of the molecule is CC(=O)CC(=O)N1CCN(C(C)=O)CC1. The summed E-state index contributed by atoms with van der Waals surface area (Å²) in [5, 5.41) is 0. The molecule has 0 unspecified atom stereocenters. The van der Waals surface area contributed by atoms with Gasteiger partial charge in [-0.3, -0.25) is 14.4 Å². The maximum atomic E-state index is 11.5. The van der Waals surface area contributed by atoms with Crippen LogP contribution in [0.4, 0.5) is 0 Å². The van der Waals surface area contributed by atoms with Crippen LogP contribution in [0.1, 0.15) is 20.3 Å². The normalized spacial score (nSPS) is 16.4. The molecule has 0 atom stereocenters. The number of nitrogens with zero attached hydrogens (tertiary/aromatic N) is 2. The summed E-state index contributed by atoms with van der Waals surface area (Å²) in [5.41, 5.74) is 0. The zero-order valence-corrected chi connectivity index (χ0v) is 9.15. The Bertz CT molecular complexity index is 280. The number of Topliss-reactive ketones (excluding diaryl/α,β-unsaturated/α-hetero) is 1. The van der Waals surface area contributed by atoms with Crippen LogP contribution < -0.4 is 0 Å². The van der Waals surface area contributed by atoms with Crippen molar-refractivity contribution in [3.63, 3.8) is 0 Å². The maximum absolute atomic E-state index is 11.5. The zero-order chi connectivity index (χ0) is 11.4. The molecular formula is C10H16N2O3. The first-order chi connectivity index (χ1) is 7.00. The van der Waals surface area contributed by atoms with E-state index in [1.807, 2.05) is 0 Å². The summed E-state index contributed by atoms with van der Waals surface area (Å²) in [4.78, 5) is 36.6. The zero-order valence-electron chi connectivity index (χ0n) is 9.15. The van der Waals surface area contributed by atoms with Crippen LogP contribution in [0.5, 0.6) is 0 Å². The minimum atomic E-state index is -0.134. The van der Waals surface area contributed by atoms with E-state index in [0.717, 1.165) is 0 Å². The standard InChI is InChI=1S/C10H16N2O3/c1-8(13)7-10(15)12-5-3-11(4-6-12)9(2)14/h3-7H2,1-2H3. The van der Waals surface area contributed by atoms with E-state index in [4.69, 9.17) is 0 Å². The predicted octanol–water partition coefficient (Wildman–Crippen LogP) is -0.344. The average molecular weight is 212 g/mol. The van der Waals surface area contributed by atoms with E-state index < -0.39 is 0 Å². The topological polar surface area (TPSA) is 57.7 Å². The van der Waals surface area contributed by atoms with E-state index in [9.17, 15) is 14.4 Å². The molecule has 0 radical (unpaired) electrons. The maximum Gasteiger partial charge on any atom is 0.230 e. The Balaban J connectivity index is 2.40. The molecule has 1 aliphatic rings. The third-order valence-corrected chi connectivity index (χ3v) is 2.48. The molecule has 15 heavy (non-hydrogen) atoms. The number of rotatable bonds is 2. The monoisotopic (exact) mass is 212 g/mol. The van der Waals surface area contributed by atoms with Gasteiger partial charge in [-0.2, -0.15) is 0 Å². The Morgan fingerprint density at radius 3 is 1.80 bits per heavy atom. The Morgan fingerprint density at radius 1 is 0.933 bits per heavy atom. The Labute approximate surface area is 89.0 Å². The lowest BCUT2D eigenvalue weighted by atomic mass is 10.2. The Kier molecular flexibility index (Phi) is 3.82. The first-order valence-corrected chi connectivity index (χ1v) is 5.03. The lowest BCUT2D eigenvalue weighted by Crippen LogP contribution is -2.50. The second-order valence-electron chi connectivity index (χ2n) is 3.77. The van der Waals surface area contributed by atoms with E-state index >= 15 is 0 Å². The van der Waals surface area contributed by atoms with Crippen molar-refractivity contribution in [2.75, 3.05) is 26.2 Å². The van der Waals surface area contributed by atoms with Gasteiger partial charge in [-0.1, -0.05) is 0 Å². The molecule has 0 saturated carbocycles. The first-order valence-electron chi connectivity index (χ1n) is 5.03. The van der Waals surface area contributed by atoms with Crippen LogP contribution in [0.3, 0.4) is 0 Å². The number of carbonyl (C=O) groups excluding carboxylic acids is 3. The molecule has 0 N–H and O–H groups in total. The lowest BCUT2D eigenvalue weighted by Gasteiger charge is -2.34. The molecule has 0 aliphatic carbocycles. The lowest BCUT2D eigenvalue weighted by molar-refractivity contribution is -0.140. The van der Waals surface area contributed by atoms with Crippen molar-refractivity contribution in [3.05, 3.63) is 0 Å². The minimum Gasteiger partial charge on any atom is -0.339 e. The highest BCUT2D eigenvalue weighted by Gasteiger charge is 2.22. The molecule has 5 nitrogen and oxygen atoms in total. The van der Waals surface area contributed by atoms with Crippen molar-refractivity contribution >= 4 is 17.6 Å². The number of hydrogen-bond donors (Lipinski definition) is 0. The van der Waals surface area contributed by atoms with Crippen LogP contribution in [0.25, 0.3) is 0 Å². The van der Waals surface area contributed by atoms with Gasteiger partial charge in [-0.25, -0.2) is 0 Å². The molecule has 1 heterocycles. The van der Waals surface area contributed by atoms with Gasteiger partial charge in [-0.15, -0.1) is 0 Å². The fourth-order valence-electron chi connectivity index (χ4n) is 1.60. The van der Waals surface area contributed by atoms with Crippen molar-refractivity contribution in [2.24, 2.45) is 0 Å². The van der Waals surface area contributed by atoms with E-state index in [-0.39, 0.29) is 24.0 Å². The minimum absolute atomic E-state index is 0.0277. The molecule has 1 saturated heterocycles. The molecule has 0 aromatic rings. The smallest absolute Gasteiger partial charge is 0.230 e. The number of amides is 2. The Morgan fingerprint density at radius 2 is 1.40 bits per heavy atom. The number of ketones is 1. The summed E-state index contributed by atoms with van der Waals surface area (Å²) in [6, 6.07) is 0. The number of hydrogen-bond acceptors (Lipinski definition) is 3.